The molecular weight excluding hydrogens is 236 g/mol. The van der Waals surface area contributed by atoms with Gasteiger partial charge in [0.05, 0.1) is 0 Å². The van der Waals surface area contributed by atoms with Gasteiger partial charge >= 0.3 is 0 Å². The van der Waals surface area contributed by atoms with Crippen LogP contribution in [0.1, 0.15) is 52.4 Å². The summed E-state index contributed by atoms with van der Waals surface area (Å²) < 4.78 is 0. The first kappa shape index (κ1) is 13.0. The summed E-state index contributed by atoms with van der Waals surface area (Å²) in [4.78, 5) is 0. The molecular formula is C8H18Ce. The fourth-order valence-corrected chi connectivity index (χ4v) is 0.854. The van der Waals surface area contributed by atoms with Crippen LogP contribution in [-0.2, 0) is 0 Å². The summed E-state index contributed by atoms with van der Waals surface area (Å²) in [5.41, 5.74) is 0. The molecule has 0 unspecified atom stereocenters. The van der Waals surface area contributed by atoms with Gasteiger partial charge in [-0.1, -0.05) is 52.4 Å². The normalized spacial score (nSPS) is 8.67. The second-order valence-corrected chi connectivity index (χ2v) is 2.41. The first-order valence-electron chi connectivity index (χ1n) is 3.91. The van der Waals surface area contributed by atoms with Gasteiger partial charge in [-0.2, -0.15) is 0 Å². The zero-order valence-electron chi connectivity index (χ0n) is 6.74. The molecule has 0 spiro atoms. The van der Waals surface area contributed by atoms with E-state index in [2.05, 4.69) is 13.8 Å². The molecule has 0 radical (unpaired) electrons. The molecule has 0 rings (SSSR count). The van der Waals surface area contributed by atoms with E-state index in [0.29, 0.717) is 0 Å². The molecule has 0 bridgehead atoms. The Kier molecular flexibility index (Phi) is 17.5. The summed E-state index contributed by atoms with van der Waals surface area (Å²) in [6.07, 6.45) is 8.49. The Labute approximate surface area is 93.2 Å². The summed E-state index contributed by atoms with van der Waals surface area (Å²) in [7, 11) is 0. The molecule has 0 N–H and O–H groups in total. The molecule has 1 heteroatoms. The van der Waals surface area contributed by atoms with Gasteiger partial charge in [-0.25, -0.2) is 0 Å². The average Bonchev–Trinajstić information content (AvgIpc) is 1.81. The molecule has 0 aliphatic carbocycles. The molecule has 0 aliphatic rings. The number of hydrogen-bond acceptors (Lipinski definition) is 0. The third-order valence-electron chi connectivity index (χ3n) is 1.46. The third-order valence-corrected chi connectivity index (χ3v) is 1.46. The van der Waals surface area contributed by atoms with Gasteiger partial charge in [-0.3, -0.25) is 0 Å². The first-order chi connectivity index (χ1) is 3.91. The van der Waals surface area contributed by atoms with Gasteiger partial charge < -0.3 is 0 Å². The maximum atomic E-state index is 2.26. The van der Waals surface area contributed by atoms with Crippen LogP contribution >= 0.6 is 0 Å². The molecule has 0 fully saturated rings. The van der Waals surface area contributed by atoms with Crippen LogP contribution in [-0.4, -0.2) is 0 Å². The second kappa shape index (κ2) is 12.1. The second-order valence-electron chi connectivity index (χ2n) is 2.41. The molecule has 0 aliphatic heterocycles. The molecule has 0 aromatic heterocycles. The van der Waals surface area contributed by atoms with Gasteiger partial charge in [0, 0.05) is 41.7 Å². The van der Waals surface area contributed by atoms with Crippen LogP contribution in [0.4, 0.5) is 0 Å². The van der Waals surface area contributed by atoms with Crippen molar-refractivity contribution in [3.05, 3.63) is 0 Å². The van der Waals surface area contributed by atoms with Crippen molar-refractivity contribution < 1.29 is 41.7 Å². The van der Waals surface area contributed by atoms with Crippen LogP contribution in [0.2, 0.25) is 0 Å². The zero-order chi connectivity index (χ0) is 6.24. The van der Waals surface area contributed by atoms with E-state index in [4.69, 9.17) is 0 Å². The zero-order valence-corrected chi connectivity index (χ0v) is 9.88. The van der Waals surface area contributed by atoms with Crippen molar-refractivity contribution in [3.8, 4) is 0 Å². The minimum Gasteiger partial charge on any atom is -0.0654 e. The fourth-order valence-electron chi connectivity index (χ4n) is 0.854. The largest absolute Gasteiger partial charge is 0.0654 e. The number of unbranched alkanes of at least 4 members (excludes halogenated alkanes) is 5. The number of hydrogen-bond donors (Lipinski definition) is 0. The van der Waals surface area contributed by atoms with Crippen molar-refractivity contribution in [3.63, 3.8) is 0 Å². The van der Waals surface area contributed by atoms with E-state index in [-0.39, 0.29) is 41.7 Å². The van der Waals surface area contributed by atoms with Crippen LogP contribution in [0.25, 0.3) is 0 Å². The molecule has 0 aromatic rings. The summed E-state index contributed by atoms with van der Waals surface area (Å²) in [6.45, 7) is 4.51. The van der Waals surface area contributed by atoms with Crippen molar-refractivity contribution in [2.75, 3.05) is 0 Å². The van der Waals surface area contributed by atoms with Crippen LogP contribution in [0, 0.1) is 41.7 Å². The van der Waals surface area contributed by atoms with Crippen LogP contribution in [0.3, 0.4) is 0 Å². The summed E-state index contributed by atoms with van der Waals surface area (Å²) >= 11 is 0. The Bertz CT molecular complexity index is 29.5. The molecule has 0 saturated carbocycles. The Morgan fingerprint density at radius 3 is 1.22 bits per heavy atom. The molecule has 0 saturated heterocycles. The van der Waals surface area contributed by atoms with E-state index in [1.807, 2.05) is 0 Å². The van der Waals surface area contributed by atoms with E-state index in [9.17, 15) is 0 Å². The molecule has 0 atom stereocenters. The van der Waals surface area contributed by atoms with E-state index in [0.717, 1.165) is 0 Å². The summed E-state index contributed by atoms with van der Waals surface area (Å²) in [5.74, 6) is 0. The predicted molar refractivity (Wildman–Crippen MR) is 39.0 cm³/mol. The van der Waals surface area contributed by atoms with Gasteiger partial charge in [0.1, 0.15) is 0 Å². The molecule has 0 heterocycles. The Hall–Kier alpha value is 1.38. The van der Waals surface area contributed by atoms with E-state index < -0.39 is 0 Å². The smallest absolute Gasteiger partial charge is 0 e. The Morgan fingerprint density at radius 1 is 0.667 bits per heavy atom. The van der Waals surface area contributed by atoms with E-state index in [1.54, 1.807) is 0 Å². The summed E-state index contributed by atoms with van der Waals surface area (Å²) in [5, 5.41) is 0. The van der Waals surface area contributed by atoms with Gasteiger partial charge in [0.2, 0.25) is 0 Å². The van der Waals surface area contributed by atoms with Crippen molar-refractivity contribution in [1.29, 1.82) is 0 Å². The monoisotopic (exact) mass is 254 g/mol. The molecule has 54 valence electrons. The molecule has 0 aromatic carbocycles. The SMILES string of the molecule is CCCCCCCC.[Ce]. The topological polar surface area (TPSA) is 0 Å². The van der Waals surface area contributed by atoms with Crippen molar-refractivity contribution in [2.24, 2.45) is 0 Å². The van der Waals surface area contributed by atoms with E-state index >= 15 is 0 Å². The van der Waals surface area contributed by atoms with Gasteiger partial charge in [0.25, 0.3) is 0 Å². The quantitative estimate of drug-likeness (QED) is 0.660. The van der Waals surface area contributed by atoms with Gasteiger partial charge in [-0.15, -0.1) is 0 Å². The van der Waals surface area contributed by atoms with Crippen molar-refractivity contribution in [1.82, 2.24) is 0 Å². The van der Waals surface area contributed by atoms with Gasteiger partial charge in [-0.05, 0) is 0 Å². The molecule has 9 heavy (non-hydrogen) atoms. The molecule has 0 nitrogen and oxygen atoms in total. The maximum Gasteiger partial charge on any atom is 0 e. The minimum atomic E-state index is 0. The van der Waals surface area contributed by atoms with Crippen molar-refractivity contribution >= 4 is 0 Å². The fraction of sp³-hybridized carbons (Fsp3) is 1.00. The third kappa shape index (κ3) is 12.5. The van der Waals surface area contributed by atoms with Crippen molar-refractivity contribution in [2.45, 2.75) is 52.4 Å². The Balaban J connectivity index is 0. The minimum absolute atomic E-state index is 0. The first-order valence-corrected chi connectivity index (χ1v) is 3.91. The van der Waals surface area contributed by atoms with Crippen LogP contribution in [0.5, 0.6) is 0 Å². The van der Waals surface area contributed by atoms with E-state index in [1.165, 1.54) is 38.5 Å². The average molecular weight is 254 g/mol. The van der Waals surface area contributed by atoms with Crippen LogP contribution < -0.4 is 0 Å². The standard InChI is InChI=1S/C8H18.Ce/c1-3-5-7-8-6-4-2;/h3-8H2,1-2H3;. The molecule has 0 amide bonds. The summed E-state index contributed by atoms with van der Waals surface area (Å²) in [6, 6.07) is 0. The predicted octanol–water partition coefficient (Wildman–Crippen LogP) is 3.37. The van der Waals surface area contributed by atoms with Crippen LogP contribution in [0.15, 0.2) is 0 Å². The maximum absolute atomic E-state index is 2.26. The number of rotatable bonds is 5. The Morgan fingerprint density at radius 2 is 1.00 bits per heavy atom. The van der Waals surface area contributed by atoms with Gasteiger partial charge in [0.15, 0.2) is 0 Å².